The average molecular weight is 403 g/mol. The largest absolute Gasteiger partial charge is 0.473 e. The number of hydrogen-bond donors (Lipinski definition) is 0. The fourth-order valence-electron chi connectivity index (χ4n) is 3.37. The smallest absolute Gasteiger partial charge is 0.215 e. The zero-order valence-corrected chi connectivity index (χ0v) is 17.2. The maximum Gasteiger partial charge on any atom is 0.215 e. The molecule has 6 heteroatoms. The highest BCUT2D eigenvalue weighted by Gasteiger charge is 2.16. The lowest BCUT2D eigenvalue weighted by atomic mass is 10.1. The number of nitriles is 1. The summed E-state index contributed by atoms with van der Waals surface area (Å²) in [4.78, 5) is 4.74. The standard InChI is InChI=1S/C23H19ClN4O/c1-14-11-21(29-13-18-9-7-17(12-25)8-10-18)26-23-22(14)16(3)27-28(23)20-6-4-5-19(24)15(20)2/h4-11H,13H2,1-3H3. The molecule has 2 heterocycles. The minimum atomic E-state index is 0.368. The quantitative estimate of drug-likeness (QED) is 0.455. The molecular weight excluding hydrogens is 384 g/mol. The fourth-order valence-corrected chi connectivity index (χ4v) is 3.54. The Kier molecular flexibility index (Phi) is 4.96. The van der Waals surface area contributed by atoms with Crippen molar-refractivity contribution in [3.05, 3.63) is 81.5 Å². The second-order valence-corrected chi connectivity index (χ2v) is 7.36. The molecule has 29 heavy (non-hydrogen) atoms. The van der Waals surface area contributed by atoms with Gasteiger partial charge in [-0.3, -0.25) is 0 Å². The van der Waals surface area contributed by atoms with Gasteiger partial charge in [0.1, 0.15) is 6.61 Å². The molecule has 0 amide bonds. The van der Waals surface area contributed by atoms with Crippen molar-refractivity contribution in [3.8, 4) is 17.6 Å². The first-order valence-electron chi connectivity index (χ1n) is 9.22. The second-order valence-electron chi connectivity index (χ2n) is 6.95. The van der Waals surface area contributed by atoms with Gasteiger partial charge in [0.25, 0.3) is 0 Å². The predicted octanol–water partition coefficient (Wildman–Crippen LogP) is 5.45. The lowest BCUT2D eigenvalue weighted by Gasteiger charge is -2.10. The Labute approximate surface area is 174 Å². The Morgan fingerprint density at radius 2 is 1.86 bits per heavy atom. The second kappa shape index (κ2) is 7.57. The van der Waals surface area contributed by atoms with Gasteiger partial charge in [-0.15, -0.1) is 0 Å². The molecule has 4 rings (SSSR count). The first-order chi connectivity index (χ1) is 14.0. The normalized spacial score (nSPS) is 10.9. The van der Waals surface area contributed by atoms with Gasteiger partial charge in [0.2, 0.25) is 5.88 Å². The fraction of sp³-hybridized carbons (Fsp3) is 0.174. The number of rotatable bonds is 4. The Hall–Kier alpha value is -3.36. The van der Waals surface area contributed by atoms with E-state index in [0.29, 0.717) is 23.1 Å². The summed E-state index contributed by atoms with van der Waals surface area (Å²) in [6.07, 6.45) is 0. The van der Waals surface area contributed by atoms with Crippen LogP contribution in [0.5, 0.6) is 5.88 Å². The molecule has 0 spiro atoms. The van der Waals surface area contributed by atoms with Crippen LogP contribution in [0.25, 0.3) is 16.7 Å². The molecule has 0 saturated carbocycles. The van der Waals surface area contributed by atoms with E-state index < -0.39 is 0 Å². The molecular formula is C23H19ClN4O. The number of fused-ring (bicyclic) bond motifs is 1. The molecule has 2 aromatic heterocycles. The van der Waals surface area contributed by atoms with E-state index in [1.807, 2.05) is 61.9 Å². The summed E-state index contributed by atoms with van der Waals surface area (Å²) < 4.78 is 7.77. The highest BCUT2D eigenvalue weighted by molar-refractivity contribution is 6.31. The molecule has 0 atom stereocenters. The van der Waals surface area contributed by atoms with E-state index in [0.717, 1.165) is 39.1 Å². The van der Waals surface area contributed by atoms with Gasteiger partial charge in [-0.25, -0.2) is 4.68 Å². The predicted molar refractivity (Wildman–Crippen MR) is 114 cm³/mol. The number of ether oxygens (including phenoxy) is 1. The summed E-state index contributed by atoms with van der Waals surface area (Å²) in [6.45, 7) is 6.35. The molecule has 0 N–H and O–H groups in total. The first-order valence-corrected chi connectivity index (χ1v) is 9.60. The molecule has 4 aromatic rings. The van der Waals surface area contributed by atoms with Gasteiger partial charge in [0, 0.05) is 16.5 Å². The zero-order chi connectivity index (χ0) is 20.5. The van der Waals surface area contributed by atoms with Crippen molar-refractivity contribution in [2.75, 3.05) is 0 Å². The first kappa shape index (κ1) is 19.0. The van der Waals surface area contributed by atoms with Crippen LogP contribution in [0.1, 0.15) is 27.9 Å². The van der Waals surface area contributed by atoms with E-state index in [1.54, 1.807) is 12.1 Å². The number of benzene rings is 2. The molecule has 0 aliphatic heterocycles. The maximum atomic E-state index is 8.92. The number of halogens is 1. The Balaban J connectivity index is 1.73. The topological polar surface area (TPSA) is 63.7 Å². The number of nitrogens with zero attached hydrogens (tertiary/aromatic N) is 4. The highest BCUT2D eigenvalue weighted by Crippen LogP contribution is 2.29. The summed E-state index contributed by atoms with van der Waals surface area (Å²) in [5.74, 6) is 0.528. The van der Waals surface area contributed by atoms with Gasteiger partial charge < -0.3 is 4.74 Å². The molecule has 0 saturated heterocycles. The summed E-state index contributed by atoms with van der Waals surface area (Å²) in [7, 11) is 0. The SMILES string of the molecule is Cc1c(Cl)cccc1-n1nc(C)c2c(C)cc(OCc3ccc(C#N)cc3)nc21. The van der Waals surface area contributed by atoms with Crippen molar-refractivity contribution in [3.63, 3.8) is 0 Å². The summed E-state index contributed by atoms with van der Waals surface area (Å²) in [5, 5.41) is 15.3. The van der Waals surface area contributed by atoms with E-state index in [4.69, 9.17) is 31.7 Å². The summed E-state index contributed by atoms with van der Waals surface area (Å²) in [5.41, 5.74) is 6.13. The van der Waals surface area contributed by atoms with Crippen LogP contribution in [0.15, 0.2) is 48.5 Å². The number of aryl methyl sites for hydroxylation is 2. The van der Waals surface area contributed by atoms with Crippen molar-refractivity contribution in [2.45, 2.75) is 27.4 Å². The molecule has 0 unspecified atom stereocenters. The van der Waals surface area contributed by atoms with Crippen LogP contribution >= 0.6 is 11.6 Å². The van der Waals surface area contributed by atoms with Crippen molar-refractivity contribution >= 4 is 22.6 Å². The number of pyridine rings is 1. The van der Waals surface area contributed by atoms with Crippen molar-refractivity contribution < 1.29 is 4.74 Å². The van der Waals surface area contributed by atoms with Crippen LogP contribution in [0.2, 0.25) is 5.02 Å². The van der Waals surface area contributed by atoms with Crippen molar-refractivity contribution in [1.82, 2.24) is 14.8 Å². The molecule has 2 aromatic carbocycles. The van der Waals surface area contributed by atoms with E-state index >= 15 is 0 Å². The minimum Gasteiger partial charge on any atom is -0.473 e. The minimum absolute atomic E-state index is 0.368. The van der Waals surface area contributed by atoms with Crippen molar-refractivity contribution in [1.29, 1.82) is 5.26 Å². The lowest BCUT2D eigenvalue weighted by molar-refractivity contribution is 0.294. The highest BCUT2D eigenvalue weighted by atomic mass is 35.5. The van der Waals surface area contributed by atoms with E-state index in [1.165, 1.54) is 0 Å². The van der Waals surface area contributed by atoms with Crippen LogP contribution in [0, 0.1) is 32.1 Å². The molecule has 0 aliphatic carbocycles. The lowest BCUT2D eigenvalue weighted by Crippen LogP contribution is -2.03. The zero-order valence-electron chi connectivity index (χ0n) is 16.4. The molecule has 5 nitrogen and oxygen atoms in total. The molecule has 144 valence electrons. The van der Waals surface area contributed by atoms with Gasteiger partial charge >= 0.3 is 0 Å². The van der Waals surface area contributed by atoms with Gasteiger partial charge in [-0.1, -0.05) is 29.8 Å². The molecule has 0 bridgehead atoms. The Morgan fingerprint density at radius 3 is 2.59 bits per heavy atom. The van der Waals surface area contributed by atoms with Gasteiger partial charge in [0.05, 0.1) is 23.0 Å². The molecule has 0 radical (unpaired) electrons. The van der Waals surface area contributed by atoms with Gasteiger partial charge in [-0.05, 0) is 61.7 Å². The van der Waals surface area contributed by atoms with Crippen LogP contribution < -0.4 is 4.74 Å². The van der Waals surface area contributed by atoms with E-state index in [9.17, 15) is 0 Å². The molecule has 0 aliphatic rings. The van der Waals surface area contributed by atoms with Gasteiger partial charge in [0.15, 0.2) is 5.65 Å². The van der Waals surface area contributed by atoms with Gasteiger partial charge in [-0.2, -0.15) is 15.3 Å². The monoisotopic (exact) mass is 402 g/mol. The third-order valence-corrected chi connectivity index (χ3v) is 5.33. The van der Waals surface area contributed by atoms with Crippen LogP contribution in [0.3, 0.4) is 0 Å². The third kappa shape index (κ3) is 3.55. The van der Waals surface area contributed by atoms with E-state index in [2.05, 4.69) is 6.07 Å². The van der Waals surface area contributed by atoms with Crippen LogP contribution in [0.4, 0.5) is 0 Å². The summed E-state index contributed by atoms with van der Waals surface area (Å²) >= 11 is 6.32. The van der Waals surface area contributed by atoms with Crippen molar-refractivity contribution in [2.24, 2.45) is 0 Å². The van der Waals surface area contributed by atoms with E-state index in [-0.39, 0.29) is 0 Å². The maximum absolute atomic E-state index is 8.92. The number of aromatic nitrogens is 3. The molecule has 0 fully saturated rings. The summed E-state index contributed by atoms with van der Waals surface area (Å²) in [6, 6.07) is 17.1. The average Bonchev–Trinajstić information content (AvgIpc) is 3.05. The van der Waals surface area contributed by atoms with Crippen LogP contribution in [-0.4, -0.2) is 14.8 Å². The van der Waals surface area contributed by atoms with Crippen LogP contribution in [-0.2, 0) is 6.61 Å². The third-order valence-electron chi connectivity index (χ3n) is 4.92. The Bertz CT molecular complexity index is 1250. The Morgan fingerprint density at radius 1 is 1.10 bits per heavy atom. The number of hydrogen-bond acceptors (Lipinski definition) is 4.